The van der Waals surface area contributed by atoms with Crippen molar-refractivity contribution >= 4 is 30.7 Å². The Bertz CT molecular complexity index is 776. The molecule has 0 spiro atoms. The van der Waals surface area contributed by atoms with Crippen LogP contribution in [0.4, 0.5) is 0 Å². The highest BCUT2D eigenvalue weighted by molar-refractivity contribution is 6.77. The fraction of sp³-hybridized carbons (Fsp3) is 0.250. The van der Waals surface area contributed by atoms with Crippen LogP contribution < -0.4 is 0 Å². The molecule has 0 aliphatic heterocycles. The molecule has 5 heteroatoms. The van der Waals surface area contributed by atoms with Crippen LogP contribution in [0.25, 0.3) is 11.0 Å². The van der Waals surface area contributed by atoms with Crippen molar-refractivity contribution in [2.75, 3.05) is 0 Å². The van der Waals surface area contributed by atoms with Gasteiger partial charge in [0.1, 0.15) is 5.52 Å². The van der Waals surface area contributed by atoms with Gasteiger partial charge in [0.2, 0.25) is 0 Å². The summed E-state index contributed by atoms with van der Waals surface area (Å²) in [6.07, 6.45) is 0. The summed E-state index contributed by atoms with van der Waals surface area (Å²) in [7, 11) is -1.60. The van der Waals surface area contributed by atoms with Crippen LogP contribution in [0.3, 0.4) is 0 Å². The molecule has 0 aliphatic carbocycles. The molecule has 0 bridgehead atoms. The first-order valence-electron chi connectivity index (χ1n) is 7.03. The quantitative estimate of drug-likeness (QED) is 0.664. The summed E-state index contributed by atoms with van der Waals surface area (Å²) in [6.45, 7) is 6.99. The van der Waals surface area contributed by atoms with Gasteiger partial charge >= 0.3 is 0 Å². The minimum Gasteiger partial charge on any atom is -0.240 e. The Balaban J connectivity index is 2.24. The van der Waals surface area contributed by atoms with Gasteiger partial charge in [-0.3, -0.25) is 0 Å². The summed E-state index contributed by atoms with van der Waals surface area (Å²) in [5.41, 5.74) is 3.28. The highest BCUT2D eigenvalue weighted by atomic mass is 35.5. The fourth-order valence-electron chi connectivity index (χ4n) is 2.74. The Hall–Kier alpha value is -1.65. The van der Waals surface area contributed by atoms with Gasteiger partial charge in [-0.05, 0) is 23.8 Å². The zero-order valence-electron chi connectivity index (χ0n) is 12.4. The van der Waals surface area contributed by atoms with Gasteiger partial charge in [0.05, 0.1) is 19.3 Å². The van der Waals surface area contributed by atoms with Crippen molar-refractivity contribution in [3.05, 3.63) is 59.1 Å². The first kappa shape index (κ1) is 14.3. The van der Waals surface area contributed by atoms with Gasteiger partial charge in [0.25, 0.3) is 0 Å². The van der Waals surface area contributed by atoms with E-state index in [0.717, 1.165) is 21.6 Å². The van der Waals surface area contributed by atoms with Crippen LogP contribution >= 0.6 is 11.6 Å². The summed E-state index contributed by atoms with van der Waals surface area (Å²) in [4.78, 5) is 0. The first-order valence-corrected chi connectivity index (χ1v) is 11.0. The Morgan fingerprint density at radius 2 is 1.67 bits per heavy atom. The normalized spacial score (nSPS) is 13.5. The number of benzene rings is 2. The van der Waals surface area contributed by atoms with Crippen molar-refractivity contribution < 1.29 is 0 Å². The van der Waals surface area contributed by atoms with Gasteiger partial charge in [-0.15, -0.1) is 5.10 Å². The molecule has 0 saturated heterocycles. The van der Waals surface area contributed by atoms with Gasteiger partial charge in [-0.25, -0.2) is 4.68 Å². The molecular weight excluding hydrogens is 298 g/mol. The van der Waals surface area contributed by atoms with E-state index < -0.39 is 8.07 Å². The molecular formula is C16H18ClN3Si. The van der Waals surface area contributed by atoms with Crippen molar-refractivity contribution in [1.29, 1.82) is 0 Å². The maximum absolute atomic E-state index is 6.45. The number of fused-ring (bicyclic) bond motifs is 1. The number of nitrogens with zero attached hydrogens (tertiary/aromatic N) is 3. The summed E-state index contributed by atoms with van der Waals surface area (Å²) in [6, 6.07) is 16.1. The van der Waals surface area contributed by atoms with E-state index in [-0.39, 0.29) is 5.67 Å². The minimum absolute atomic E-state index is 0.165. The van der Waals surface area contributed by atoms with Crippen LogP contribution in [0.5, 0.6) is 0 Å². The average molecular weight is 316 g/mol. The van der Waals surface area contributed by atoms with Gasteiger partial charge in [0, 0.05) is 5.02 Å². The lowest BCUT2D eigenvalue weighted by Gasteiger charge is -2.30. The van der Waals surface area contributed by atoms with Crippen LogP contribution in [-0.4, -0.2) is 23.1 Å². The second-order valence-electron chi connectivity index (χ2n) is 6.31. The van der Waals surface area contributed by atoms with E-state index in [1.54, 1.807) is 0 Å². The van der Waals surface area contributed by atoms with Crippen molar-refractivity contribution in [2.24, 2.45) is 0 Å². The minimum atomic E-state index is -1.60. The molecule has 0 radical (unpaired) electrons. The molecule has 3 rings (SSSR count). The smallest absolute Gasteiger partial charge is 0.113 e. The molecule has 0 amide bonds. The highest BCUT2D eigenvalue weighted by Gasteiger charge is 2.33. The molecule has 1 heterocycles. The third kappa shape index (κ3) is 2.61. The van der Waals surface area contributed by atoms with E-state index in [0.29, 0.717) is 0 Å². The number of hydrogen-bond acceptors (Lipinski definition) is 2. The molecule has 1 atom stereocenters. The molecule has 3 aromatic rings. The maximum atomic E-state index is 6.45. The van der Waals surface area contributed by atoms with Crippen molar-refractivity contribution in [1.82, 2.24) is 15.0 Å². The van der Waals surface area contributed by atoms with Gasteiger partial charge in [-0.1, -0.05) is 66.8 Å². The van der Waals surface area contributed by atoms with Crippen molar-refractivity contribution in [3.63, 3.8) is 0 Å². The summed E-state index contributed by atoms with van der Waals surface area (Å²) in [5, 5.41) is 9.52. The zero-order chi connectivity index (χ0) is 15.0. The van der Waals surface area contributed by atoms with E-state index in [4.69, 9.17) is 11.6 Å². The number of rotatable bonds is 3. The van der Waals surface area contributed by atoms with Crippen molar-refractivity contribution in [3.8, 4) is 0 Å². The third-order valence-corrected chi connectivity index (χ3v) is 6.18. The van der Waals surface area contributed by atoms with Crippen LogP contribution in [0.2, 0.25) is 24.7 Å². The van der Waals surface area contributed by atoms with Crippen molar-refractivity contribution in [2.45, 2.75) is 25.3 Å². The number of halogens is 1. The number of aromatic nitrogens is 3. The summed E-state index contributed by atoms with van der Waals surface area (Å²) < 4.78 is 2.04. The molecule has 1 unspecified atom stereocenters. The van der Waals surface area contributed by atoms with Crippen LogP contribution in [0, 0.1) is 0 Å². The van der Waals surface area contributed by atoms with E-state index in [2.05, 4.69) is 42.1 Å². The lowest BCUT2D eigenvalue weighted by molar-refractivity contribution is 0.629. The molecule has 21 heavy (non-hydrogen) atoms. The van der Waals surface area contributed by atoms with E-state index in [1.165, 1.54) is 0 Å². The topological polar surface area (TPSA) is 30.7 Å². The lowest BCUT2D eigenvalue weighted by Crippen LogP contribution is -2.37. The standard InChI is InChI=1S/C16H18ClN3Si/c1-21(2,3)16(12-8-4-5-9-13(12)17)20-15-11-7-6-10-14(15)18-19-20/h4-11,16H,1-3H3. The Labute approximate surface area is 130 Å². The largest absolute Gasteiger partial charge is 0.240 e. The Morgan fingerprint density at radius 3 is 2.38 bits per heavy atom. The van der Waals surface area contributed by atoms with Gasteiger partial charge < -0.3 is 0 Å². The Morgan fingerprint density at radius 1 is 1.00 bits per heavy atom. The van der Waals surface area contributed by atoms with Gasteiger partial charge in [0.15, 0.2) is 0 Å². The first-order chi connectivity index (χ1) is 9.98. The average Bonchev–Trinajstić information content (AvgIpc) is 2.84. The van der Waals surface area contributed by atoms with Gasteiger partial charge in [-0.2, -0.15) is 0 Å². The number of hydrogen-bond donors (Lipinski definition) is 0. The predicted octanol–water partition coefficient (Wildman–Crippen LogP) is 4.55. The summed E-state index contributed by atoms with van der Waals surface area (Å²) >= 11 is 6.45. The van der Waals surface area contributed by atoms with Crippen LogP contribution in [0.1, 0.15) is 11.2 Å². The molecule has 1 aromatic heterocycles. The fourth-order valence-corrected chi connectivity index (χ4v) is 5.18. The number of para-hydroxylation sites is 1. The maximum Gasteiger partial charge on any atom is 0.113 e. The van der Waals surface area contributed by atoms with E-state index in [9.17, 15) is 0 Å². The molecule has 0 N–H and O–H groups in total. The Kier molecular flexibility index (Phi) is 3.59. The highest BCUT2D eigenvalue weighted by Crippen LogP contribution is 2.34. The molecule has 108 valence electrons. The summed E-state index contributed by atoms with van der Waals surface area (Å²) in [5.74, 6) is 0. The molecule has 0 saturated carbocycles. The van der Waals surface area contributed by atoms with Crippen LogP contribution in [-0.2, 0) is 0 Å². The molecule has 0 fully saturated rings. The second kappa shape index (κ2) is 5.28. The molecule has 3 nitrogen and oxygen atoms in total. The lowest BCUT2D eigenvalue weighted by atomic mass is 10.2. The predicted molar refractivity (Wildman–Crippen MR) is 90.5 cm³/mol. The van der Waals surface area contributed by atoms with E-state index in [1.807, 2.05) is 41.1 Å². The second-order valence-corrected chi connectivity index (χ2v) is 12.0. The monoisotopic (exact) mass is 315 g/mol. The molecule has 0 aliphatic rings. The third-order valence-electron chi connectivity index (χ3n) is 3.64. The van der Waals surface area contributed by atoms with E-state index >= 15 is 0 Å². The SMILES string of the molecule is C[Si](C)(C)C(c1ccccc1Cl)n1nnc2ccccc21. The molecule has 2 aromatic carbocycles. The zero-order valence-corrected chi connectivity index (χ0v) is 14.2. The van der Waals surface area contributed by atoms with Crippen LogP contribution in [0.15, 0.2) is 48.5 Å².